The maximum atomic E-state index is 14.0. The second-order valence-corrected chi connectivity index (χ2v) is 8.91. The number of nitrogens with two attached hydrogens (primary N) is 1. The van der Waals surface area contributed by atoms with Crippen LogP contribution in [-0.4, -0.2) is 44.4 Å². The third-order valence-electron chi connectivity index (χ3n) is 5.10. The summed E-state index contributed by atoms with van der Waals surface area (Å²) in [5, 5.41) is 5.00. The Morgan fingerprint density at radius 1 is 0.971 bits per heavy atom. The molecule has 0 bridgehead atoms. The summed E-state index contributed by atoms with van der Waals surface area (Å²) in [6, 6.07) is 10.6. The number of hydrogen-bond donors (Lipinski definition) is 1. The number of ether oxygens (including phenoxy) is 2. The van der Waals surface area contributed by atoms with E-state index in [1.165, 1.54) is 7.11 Å². The van der Waals surface area contributed by atoms with Crippen LogP contribution >= 0.6 is 0 Å². The van der Waals surface area contributed by atoms with Crippen LogP contribution in [0.1, 0.15) is 42.5 Å². The summed E-state index contributed by atoms with van der Waals surface area (Å²) in [5.41, 5.74) is 1.96. The number of aromatic nitrogens is 1. The van der Waals surface area contributed by atoms with Crippen LogP contribution in [0.5, 0.6) is 0 Å². The number of hydrogen-bond acceptors (Lipinski definition) is 7. The third-order valence-corrected chi connectivity index (χ3v) is 6.01. The number of sulfonamides is 1. The fourth-order valence-corrected chi connectivity index (χ4v) is 3.97. The molecule has 2 aromatic carbocycles. The highest BCUT2D eigenvalue weighted by Crippen LogP contribution is 2.22. The van der Waals surface area contributed by atoms with Crippen LogP contribution in [0, 0.1) is 19.7 Å². The van der Waals surface area contributed by atoms with E-state index < -0.39 is 50.6 Å². The molecule has 0 aliphatic carbocycles. The molecular weight excluding hydrogens is 467 g/mol. The van der Waals surface area contributed by atoms with Gasteiger partial charge in [0.2, 0.25) is 15.8 Å². The van der Waals surface area contributed by atoms with Crippen molar-refractivity contribution in [1.82, 2.24) is 4.57 Å². The molecule has 0 spiro atoms. The lowest BCUT2D eigenvalue weighted by Crippen LogP contribution is -2.17. The molecule has 0 amide bonds. The summed E-state index contributed by atoms with van der Waals surface area (Å²) >= 11 is 0. The maximum absolute atomic E-state index is 14.0. The van der Waals surface area contributed by atoms with Crippen molar-refractivity contribution in [3.05, 3.63) is 82.4 Å². The highest BCUT2D eigenvalue weighted by atomic mass is 32.2. The predicted octanol–water partition coefficient (Wildman–Crippen LogP) is 2.71. The van der Waals surface area contributed by atoms with E-state index in [1.807, 2.05) is 0 Å². The van der Waals surface area contributed by atoms with Crippen molar-refractivity contribution >= 4 is 27.7 Å². The topological polar surface area (TPSA) is 135 Å². The first-order valence-corrected chi connectivity index (χ1v) is 11.4. The van der Waals surface area contributed by atoms with Crippen LogP contribution < -0.4 is 5.14 Å². The van der Waals surface area contributed by atoms with Crippen LogP contribution in [-0.2, 0) is 19.5 Å². The number of carbonyl (C=O) groups excluding carboxylic acids is 3. The molecule has 0 radical (unpaired) electrons. The first-order chi connectivity index (χ1) is 15.9. The number of halogens is 1. The smallest absolute Gasteiger partial charge is 0.341 e. The Morgan fingerprint density at radius 2 is 1.62 bits per heavy atom. The molecule has 0 fully saturated rings. The van der Waals surface area contributed by atoms with Crippen molar-refractivity contribution in [3.8, 4) is 5.69 Å². The van der Waals surface area contributed by atoms with Gasteiger partial charge in [0, 0.05) is 22.6 Å². The number of ketones is 1. The molecule has 0 aliphatic heterocycles. The highest BCUT2D eigenvalue weighted by molar-refractivity contribution is 7.89. The number of Topliss-reactive ketones (excluding diaryl/α,β-unsaturated/α-hetero) is 1. The van der Waals surface area contributed by atoms with Crippen molar-refractivity contribution in [2.24, 2.45) is 5.14 Å². The number of methoxy groups -OCH3 is 1. The quantitative estimate of drug-likeness (QED) is 0.399. The van der Waals surface area contributed by atoms with Gasteiger partial charge in [-0.3, -0.25) is 4.79 Å². The Morgan fingerprint density at radius 3 is 2.21 bits per heavy atom. The van der Waals surface area contributed by atoms with E-state index in [0.29, 0.717) is 22.6 Å². The summed E-state index contributed by atoms with van der Waals surface area (Å²) in [5.74, 6) is -3.24. The second kappa shape index (κ2) is 9.57. The molecule has 9 nitrogen and oxygen atoms in total. The van der Waals surface area contributed by atoms with E-state index in [4.69, 9.17) is 9.88 Å². The Hall–Kier alpha value is -3.83. The Labute approximate surface area is 194 Å². The standard InChI is InChI=1S/C23H21FN2O7S/c1-13-10-18(14(2)26(13)16-6-4-15(5-7-16)22(28)32-3)21(27)12-33-23(29)19-11-17(34(25,30)31)8-9-20(19)24/h4-11H,12H2,1-3H3,(H2,25,30,31). The molecule has 0 saturated carbocycles. The van der Waals surface area contributed by atoms with Crippen molar-refractivity contribution in [3.63, 3.8) is 0 Å². The van der Waals surface area contributed by atoms with Gasteiger partial charge in [-0.2, -0.15) is 0 Å². The van der Waals surface area contributed by atoms with Gasteiger partial charge in [-0.05, 0) is 62.4 Å². The Balaban J connectivity index is 1.79. The van der Waals surface area contributed by atoms with Crippen molar-refractivity contribution in [2.45, 2.75) is 18.7 Å². The minimum Gasteiger partial charge on any atom is -0.465 e. The second-order valence-electron chi connectivity index (χ2n) is 7.34. The van der Waals surface area contributed by atoms with Crippen molar-refractivity contribution < 1.29 is 36.7 Å². The summed E-state index contributed by atoms with van der Waals surface area (Å²) in [4.78, 5) is 36.2. The zero-order valence-corrected chi connectivity index (χ0v) is 19.3. The third kappa shape index (κ3) is 5.05. The molecule has 178 valence electrons. The lowest BCUT2D eigenvalue weighted by atomic mass is 10.1. The van der Waals surface area contributed by atoms with Crippen LogP contribution in [0.15, 0.2) is 53.4 Å². The van der Waals surface area contributed by atoms with Gasteiger partial charge in [-0.25, -0.2) is 27.5 Å². The first kappa shape index (κ1) is 24.8. The van der Waals surface area contributed by atoms with Gasteiger partial charge in [-0.15, -0.1) is 0 Å². The molecule has 3 aromatic rings. The minimum atomic E-state index is -4.16. The summed E-state index contributed by atoms with van der Waals surface area (Å²) in [6.07, 6.45) is 0. The summed E-state index contributed by atoms with van der Waals surface area (Å²) in [6.45, 7) is 2.78. The van der Waals surface area contributed by atoms with Gasteiger partial charge in [0.05, 0.1) is 23.1 Å². The number of benzene rings is 2. The number of rotatable bonds is 7. The fourth-order valence-electron chi connectivity index (χ4n) is 3.43. The zero-order chi connectivity index (χ0) is 25.2. The molecule has 0 unspecified atom stereocenters. The number of nitrogens with zero attached hydrogens (tertiary/aromatic N) is 1. The molecule has 1 heterocycles. The molecule has 11 heteroatoms. The van der Waals surface area contributed by atoms with E-state index in [2.05, 4.69) is 4.74 Å². The van der Waals surface area contributed by atoms with E-state index in [9.17, 15) is 27.2 Å². The highest BCUT2D eigenvalue weighted by Gasteiger charge is 2.22. The molecule has 0 aliphatic rings. The lowest BCUT2D eigenvalue weighted by Gasteiger charge is -2.11. The van der Waals surface area contributed by atoms with Gasteiger partial charge in [0.15, 0.2) is 6.61 Å². The van der Waals surface area contributed by atoms with Gasteiger partial charge >= 0.3 is 11.9 Å². The van der Waals surface area contributed by atoms with Gasteiger partial charge in [-0.1, -0.05) is 0 Å². The van der Waals surface area contributed by atoms with E-state index in [0.717, 1.165) is 18.2 Å². The SMILES string of the molecule is COC(=O)c1ccc(-n2c(C)cc(C(=O)COC(=O)c3cc(S(N)(=O)=O)ccc3F)c2C)cc1. The summed E-state index contributed by atoms with van der Waals surface area (Å²) in [7, 11) is -2.88. The largest absolute Gasteiger partial charge is 0.465 e. The molecule has 1 aromatic heterocycles. The van der Waals surface area contributed by atoms with Gasteiger partial charge in [0.25, 0.3) is 0 Å². The number of aryl methyl sites for hydroxylation is 1. The monoisotopic (exact) mass is 488 g/mol. The molecule has 3 rings (SSSR count). The Kier molecular flexibility index (Phi) is 6.99. The molecule has 0 atom stereocenters. The van der Waals surface area contributed by atoms with Crippen LogP contribution in [0.3, 0.4) is 0 Å². The van der Waals surface area contributed by atoms with Gasteiger partial charge in [0.1, 0.15) is 5.82 Å². The molecule has 34 heavy (non-hydrogen) atoms. The number of primary sulfonamides is 1. The fraction of sp³-hybridized carbons (Fsp3) is 0.174. The van der Waals surface area contributed by atoms with E-state index in [1.54, 1.807) is 48.7 Å². The van der Waals surface area contributed by atoms with Crippen molar-refractivity contribution in [1.29, 1.82) is 0 Å². The van der Waals surface area contributed by atoms with E-state index in [-0.39, 0.29) is 5.56 Å². The zero-order valence-electron chi connectivity index (χ0n) is 18.5. The maximum Gasteiger partial charge on any atom is 0.341 e. The molecule has 0 saturated heterocycles. The first-order valence-electron chi connectivity index (χ1n) is 9.84. The van der Waals surface area contributed by atoms with Crippen molar-refractivity contribution in [2.75, 3.05) is 13.7 Å². The van der Waals surface area contributed by atoms with Crippen LogP contribution in [0.4, 0.5) is 4.39 Å². The van der Waals surface area contributed by atoms with E-state index >= 15 is 0 Å². The van der Waals surface area contributed by atoms with Crippen LogP contribution in [0.2, 0.25) is 0 Å². The Bertz CT molecular complexity index is 1390. The normalized spacial score (nSPS) is 11.2. The average molecular weight is 488 g/mol. The predicted molar refractivity (Wildman–Crippen MR) is 119 cm³/mol. The molecular formula is C23H21FN2O7S. The number of carbonyl (C=O) groups is 3. The lowest BCUT2D eigenvalue weighted by molar-refractivity contribution is 0.0469. The molecule has 2 N–H and O–H groups in total. The van der Waals surface area contributed by atoms with Crippen LogP contribution in [0.25, 0.3) is 5.69 Å². The average Bonchev–Trinajstić information content (AvgIpc) is 3.10. The van der Waals surface area contributed by atoms with Gasteiger partial charge < -0.3 is 14.0 Å². The minimum absolute atomic E-state index is 0.279. The number of esters is 2. The summed E-state index contributed by atoms with van der Waals surface area (Å²) < 4.78 is 48.3.